The zero-order valence-electron chi connectivity index (χ0n) is 12.9. The zero-order chi connectivity index (χ0) is 17.0. The molecule has 0 bridgehead atoms. The molecular weight excluding hydrogens is 360 g/mol. The van der Waals surface area contributed by atoms with Crippen LogP contribution in [0.2, 0.25) is 0 Å². The molecule has 0 saturated carbocycles. The number of aromatic nitrogens is 1. The van der Waals surface area contributed by atoms with Gasteiger partial charge in [0.05, 0.1) is 5.69 Å². The van der Waals surface area contributed by atoms with Gasteiger partial charge in [0.15, 0.2) is 0 Å². The van der Waals surface area contributed by atoms with Crippen LogP contribution in [0.3, 0.4) is 0 Å². The van der Waals surface area contributed by atoms with Crippen molar-refractivity contribution >= 4 is 33.2 Å². The highest BCUT2D eigenvalue weighted by atomic mass is 79.9. The zero-order valence-corrected chi connectivity index (χ0v) is 14.5. The van der Waals surface area contributed by atoms with Crippen LogP contribution in [0.1, 0.15) is 37.0 Å². The summed E-state index contributed by atoms with van der Waals surface area (Å²) in [4.78, 5) is 15.5. The van der Waals surface area contributed by atoms with Crippen molar-refractivity contribution in [2.75, 3.05) is 5.43 Å². The van der Waals surface area contributed by atoms with Gasteiger partial charge in [-0.2, -0.15) is 0 Å². The molecule has 0 unspecified atom stereocenters. The Hall–Kier alpha value is -2.46. The summed E-state index contributed by atoms with van der Waals surface area (Å²) in [5, 5.41) is 7.60. The van der Waals surface area contributed by atoms with E-state index < -0.39 is 5.78 Å². The molecule has 118 valence electrons. The SMILES string of the molecule is [C-]#[N+]/C(=N\Nc1cccc(Br)c1)C(=O)c1cc(C(C)(C)C)on1. The highest BCUT2D eigenvalue weighted by Crippen LogP contribution is 2.23. The first-order valence-corrected chi connectivity index (χ1v) is 7.59. The Labute approximate surface area is 142 Å². The molecule has 0 atom stereocenters. The molecule has 0 fully saturated rings. The second kappa shape index (κ2) is 6.75. The smallest absolute Gasteiger partial charge is 0.343 e. The van der Waals surface area contributed by atoms with Crippen molar-refractivity contribution in [3.8, 4) is 0 Å². The maximum atomic E-state index is 12.3. The molecule has 0 aliphatic heterocycles. The van der Waals surface area contributed by atoms with E-state index in [0.717, 1.165) is 4.47 Å². The molecule has 1 aromatic carbocycles. The Morgan fingerprint density at radius 3 is 2.70 bits per heavy atom. The number of carbonyl (C=O) groups excluding carboxylic acids is 1. The highest BCUT2D eigenvalue weighted by Gasteiger charge is 2.24. The number of amidine groups is 1. The first-order chi connectivity index (χ1) is 10.8. The number of nitrogens with zero attached hydrogens (tertiary/aromatic N) is 3. The molecule has 2 aromatic rings. The van der Waals surface area contributed by atoms with E-state index in [9.17, 15) is 4.79 Å². The Kier molecular flexibility index (Phi) is 4.96. The van der Waals surface area contributed by atoms with Crippen molar-refractivity contribution in [1.82, 2.24) is 5.16 Å². The molecule has 6 nitrogen and oxygen atoms in total. The van der Waals surface area contributed by atoms with Gasteiger partial charge in [0.25, 0.3) is 0 Å². The van der Waals surface area contributed by atoms with Gasteiger partial charge in [-0.3, -0.25) is 4.79 Å². The summed E-state index contributed by atoms with van der Waals surface area (Å²) in [5.41, 5.74) is 3.15. The van der Waals surface area contributed by atoms with E-state index in [-0.39, 0.29) is 16.9 Å². The largest absolute Gasteiger partial charge is 0.360 e. The molecule has 0 amide bonds. The van der Waals surface area contributed by atoms with Gasteiger partial charge >= 0.3 is 5.84 Å². The number of hydrogen-bond donors (Lipinski definition) is 1. The van der Waals surface area contributed by atoms with Gasteiger partial charge in [-0.25, -0.2) is 5.43 Å². The van der Waals surface area contributed by atoms with E-state index in [0.29, 0.717) is 11.4 Å². The highest BCUT2D eigenvalue weighted by molar-refractivity contribution is 9.10. The average Bonchev–Trinajstić information content (AvgIpc) is 2.97. The van der Waals surface area contributed by atoms with Crippen molar-refractivity contribution in [3.05, 3.63) is 57.7 Å². The van der Waals surface area contributed by atoms with E-state index in [4.69, 9.17) is 11.1 Å². The summed E-state index contributed by atoms with van der Waals surface area (Å²) < 4.78 is 6.03. The number of anilines is 1. The lowest BCUT2D eigenvalue weighted by Gasteiger charge is -2.11. The van der Waals surface area contributed by atoms with Gasteiger partial charge in [-0.15, -0.1) is 0 Å². The quantitative estimate of drug-likeness (QED) is 0.285. The van der Waals surface area contributed by atoms with Crippen molar-refractivity contribution in [1.29, 1.82) is 0 Å². The minimum atomic E-state index is -0.582. The van der Waals surface area contributed by atoms with E-state index >= 15 is 0 Å². The van der Waals surface area contributed by atoms with Crippen LogP contribution in [0, 0.1) is 6.57 Å². The standard InChI is InChI=1S/C16H15BrN4O2/c1-16(2,3)13-9-12(21-23-13)14(22)15(18-4)20-19-11-7-5-6-10(17)8-11/h5-9,19H,1-3H3/b20-15-. The number of carbonyl (C=O) groups is 1. The third kappa shape index (κ3) is 4.27. The molecule has 1 heterocycles. The second-order valence-corrected chi connectivity index (χ2v) is 6.74. The Balaban J connectivity index is 2.20. The Morgan fingerprint density at radius 2 is 2.13 bits per heavy atom. The lowest BCUT2D eigenvalue weighted by molar-refractivity contribution is 0.105. The average molecular weight is 375 g/mol. The van der Waals surface area contributed by atoms with Crippen molar-refractivity contribution in [2.45, 2.75) is 26.2 Å². The normalized spacial score (nSPS) is 11.9. The lowest BCUT2D eigenvalue weighted by Crippen LogP contribution is -2.13. The molecule has 0 spiro atoms. The van der Waals surface area contributed by atoms with Crippen molar-refractivity contribution in [2.24, 2.45) is 5.10 Å². The number of nitrogens with one attached hydrogen (secondary N) is 1. The Bertz CT molecular complexity index is 797. The molecular formula is C16H15BrN4O2. The fourth-order valence-corrected chi connectivity index (χ4v) is 2.05. The third-order valence-electron chi connectivity index (χ3n) is 2.91. The first kappa shape index (κ1) is 16.9. The summed E-state index contributed by atoms with van der Waals surface area (Å²) in [5.74, 6) is -0.314. The molecule has 0 aliphatic rings. The minimum absolute atomic E-state index is 0.0701. The van der Waals surface area contributed by atoms with Crippen LogP contribution in [0.15, 0.2) is 44.4 Å². The molecule has 23 heavy (non-hydrogen) atoms. The molecule has 1 aromatic heterocycles. The van der Waals surface area contributed by atoms with Gasteiger partial charge in [-0.05, 0) is 23.3 Å². The van der Waals surface area contributed by atoms with Gasteiger partial charge < -0.3 is 9.37 Å². The van der Waals surface area contributed by atoms with E-state index in [1.54, 1.807) is 18.2 Å². The summed E-state index contributed by atoms with van der Waals surface area (Å²) in [6.45, 7) is 13.0. The summed E-state index contributed by atoms with van der Waals surface area (Å²) in [6, 6.07) is 8.77. The van der Waals surface area contributed by atoms with Gasteiger partial charge in [-0.1, -0.05) is 54.5 Å². The van der Waals surface area contributed by atoms with Gasteiger partial charge in [0, 0.05) is 16.0 Å². The maximum Gasteiger partial charge on any atom is 0.343 e. The second-order valence-electron chi connectivity index (χ2n) is 5.82. The lowest BCUT2D eigenvalue weighted by atomic mass is 9.93. The van der Waals surface area contributed by atoms with Crippen LogP contribution in [0.4, 0.5) is 5.69 Å². The molecule has 2 rings (SSSR count). The van der Waals surface area contributed by atoms with Crippen LogP contribution < -0.4 is 5.43 Å². The van der Waals surface area contributed by atoms with Crippen molar-refractivity contribution in [3.63, 3.8) is 0 Å². The third-order valence-corrected chi connectivity index (χ3v) is 3.40. The van der Waals surface area contributed by atoms with Crippen LogP contribution in [-0.4, -0.2) is 16.8 Å². The van der Waals surface area contributed by atoms with Crippen molar-refractivity contribution < 1.29 is 9.32 Å². The fourth-order valence-electron chi connectivity index (χ4n) is 1.65. The van der Waals surface area contributed by atoms with Crippen LogP contribution in [0.25, 0.3) is 4.85 Å². The number of hydrogen-bond acceptors (Lipinski definition) is 5. The van der Waals surface area contributed by atoms with E-state index in [1.165, 1.54) is 0 Å². The van der Waals surface area contributed by atoms with E-state index in [2.05, 4.69) is 36.5 Å². The van der Waals surface area contributed by atoms with Gasteiger partial charge in [0.2, 0.25) is 5.78 Å². The number of ketones is 1. The number of hydrazone groups is 1. The van der Waals surface area contributed by atoms with Gasteiger partial charge in [0.1, 0.15) is 11.5 Å². The molecule has 7 heteroatoms. The summed E-state index contributed by atoms with van der Waals surface area (Å²) >= 11 is 3.33. The molecule has 0 saturated heterocycles. The topological polar surface area (TPSA) is 71.8 Å². The fraction of sp³-hybridized carbons (Fsp3) is 0.250. The number of benzene rings is 1. The maximum absolute atomic E-state index is 12.3. The molecule has 1 N–H and O–H groups in total. The first-order valence-electron chi connectivity index (χ1n) is 6.80. The summed E-state index contributed by atoms with van der Waals surface area (Å²) in [6.07, 6.45) is 0. The van der Waals surface area contributed by atoms with Crippen LogP contribution >= 0.6 is 15.9 Å². The summed E-state index contributed by atoms with van der Waals surface area (Å²) in [7, 11) is 0. The number of Topliss-reactive ketones (excluding diaryl/α,β-unsaturated/α-hetero) is 1. The monoisotopic (exact) mass is 374 g/mol. The minimum Gasteiger partial charge on any atom is -0.360 e. The van der Waals surface area contributed by atoms with Crippen LogP contribution in [-0.2, 0) is 5.41 Å². The van der Waals surface area contributed by atoms with E-state index in [1.807, 2.05) is 32.9 Å². The Morgan fingerprint density at radius 1 is 1.39 bits per heavy atom. The van der Waals surface area contributed by atoms with Crippen LogP contribution in [0.5, 0.6) is 0 Å². The number of rotatable bonds is 4. The molecule has 0 aliphatic carbocycles. The predicted molar refractivity (Wildman–Crippen MR) is 91.3 cm³/mol. The molecule has 0 radical (unpaired) electrons. The predicted octanol–water partition coefficient (Wildman–Crippen LogP) is 4.26. The number of halogens is 1.